The molecule has 3 aromatic carbocycles. The molecule has 5 rings (SSSR count). The second kappa shape index (κ2) is 8.28. The van der Waals surface area contributed by atoms with Crippen molar-refractivity contribution in [3.63, 3.8) is 0 Å². The van der Waals surface area contributed by atoms with E-state index in [2.05, 4.69) is 0 Å². The summed E-state index contributed by atoms with van der Waals surface area (Å²) in [5.41, 5.74) is 4.44. The van der Waals surface area contributed by atoms with Gasteiger partial charge in [-0.25, -0.2) is 9.78 Å². The quantitative estimate of drug-likeness (QED) is 0.340. The molecule has 5 nitrogen and oxygen atoms in total. The summed E-state index contributed by atoms with van der Waals surface area (Å²) in [6, 6.07) is 26.2. The van der Waals surface area contributed by atoms with Crippen molar-refractivity contribution in [3.05, 3.63) is 101 Å². The van der Waals surface area contributed by atoms with Gasteiger partial charge >= 0.3 is 5.63 Å². The van der Waals surface area contributed by atoms with Gasteiger partial charge in [-0.05, 0) is 66.6 Å². The summed E-state index contributed by atoms with van der Waals surface area (Å²) in [5, 5.41) is 11.6. The topological polar surface area (TPSA) is 72.6 Å². The van der Waals surface area contributed by atoms with Crippen LogP contribution in [0.3, 0.4) is 0 Å². The van der Waals surface area contributed by atoms with Gasteiger partial charge in [0.25, 0.3) is 0 Å². The molecule has 162 valence electrons. The van der Waals surface area contributed by atoms with Crippen LogP contribution in [0.25, 0.3) is 44.6 Å². The second-order valence-electron chi connectivity index (χ2n) is 7.83. The SMILES string of the molecule is COc1ccc(-c2cc(-c3c(O)c4ccc(C)cc4oc3=O)cc(-c3ccccc3)n2)cc1. The number of ether oxygens (including phenoxy) is 1. The van der Waals surface area contributed by atoms with Crippen molar-refractivity contribution in [2.75, 3.05) is 7.11 Å². The van der Waals surface area contributed by atoms with Crippen molar-refractivity contribution in [1.82, 2.24) is 4.98 Å². The fraction of sp³-hybridized carbons (Fsp3) is 0.0714. The lowest BCUT2D eigenvalue weighted by atomic mass is 9.99. The summed E-state index contributed by atoms with van der Waals surface area (Å²) in [5.74, 6) is 0.633. The molecule has 2 aromatic heterocycles. The van der Waals surface area contributed by atoms with E-state index in [1.807, 2.05) is 67.6 Å². The molecule has 1 N–H and O–H groups in total. The van der Waals surface area contributed by atoms with Gasteiger partial charge in [-0.3, -0.25) is 0 Å². The highest BCUT2D eigenvalue weighted by molar-refractivity contribution is 5.91. The Bertz CT molecular complexity index is 1520. The van der Waals surface area contributed by atoms with Crippen LogP contribution >= 0.6 is 0 Å². The maximum absolute atomic E-state index is 13.0. The molecular weight excluding hydrogens is 414 g/mol. The number of benzene rings is 3. The molecule has 0 amide bonds. The Morgan fingerprint density at radius 2 is 1.48 bits per heavy atom. The average Bonchev–Trinajstić information content (AvgIpc) is 2.84. The first kappa shape index (κ1) is 20.5. The van der Waals surface area contributed by atoms with Crippen LogP contribution in [0.5, 0.6) is 11.5 Å². The maximum Gasteiger partial charge on any atom is 0.347 e. The zero-order chi connectivity index (χ0) is 22.9. The Hall–Kier alpha value is -4.38. The van der Waals surface area contributed by atoms with Gasteiger partial charge in [0.1, 0.15) is 22.6 Å². The molecule has 0 radical (unpaired) electrons. The van der Waals surface area contributed by atoms with Gasteiger partial charge in [0.05, 0.1) is 23.9 Å². The van der Waals surface area contributed by atoms with E-state index in [1.54, 1.807) is 31.4 Å². The zero-order valence-electron chi connectivity index (χ0n) is 18.2. The number of rotatable bonds is 4. The van der Waals surface area contributed by atoms with Gasteiger partial charge in [0, 0.05) is 11.1 Å². The third kappa shape index (κ3) is 3.85. The van der Waals surface area contributed by atoms with Crippen LogP contribution < -0.4 is 10.4 Å². The van der Waals surface area contributed by atoms with Crippen LogP contribution in [-0.4, -0.2) is 17.2 Å². The Morgan fingerprint density at radius 1 is 0.818 bits per heavy atom. The van der Waals surface area contributed by atoms with Crippen LogP contribution in [-0.2, 0) is 0 Å². The highest BCUT2D eigenvalue weighted by Gasteiger charge is 2.18. The Morgan fingerprint density at radius 3 is 2.15 bits per heavy atom. The van der Waals surface area contributed by atoms with E-state index in [1.165, 1.54) is 0 Å². The smallest absolute Gasteiger partial charge is 0.347 e. The molecule has 0 saturated heterocycles. The summed E-state index contributed by atoms with van der Waals surface area (Å²) >= 11 is 0. The molecule has 0 fully saturated rings. The second-order valence-corrected chi connectivity index (χ2v) is 7.83. The molecule has 2 heterocycles. The Balaban J connectivity index is 1.77. The van der Waals surface area contributed by atoms with E-state index < -0.39 is 5.63 Å². The van der Waals surface area contributed by atoms with Gasteiger partial charge in [-0.1, -0.05) is 36.4 Å². The third-order valence-corrected chi connectivity index (χ3v) is 5.61. The van der Waals surface area contributed by atoms with Crippen molar-refractivity contribution in [1.29, 1.82) is 0 Å². The first-order valence-electron chi connectivity index (χ1n) is 10.5. The normalized spacial score (nSPS) is 11.0. The fourth-order valence-electron chi connectivity index (χ4n) is 3.89. The minimum atomic E-state index is -0.600. The lowest BCUT2D eigenvalue weighted by Crippen LogP contribution is -2.04. The van der Waals surface area contributed by atoms with Crippen LogP contribution in [0.2, 0.25) is 0 Å². The molecule has 0 saturated carbocycles. The van der Waals surface area contributed by atoms with Gasteiger partial charge in [-0.2, -0.15) is 0 Å². The lowest BCUT2D eigenvalue weighted by Gasteiger charge is -2.12. The number of methoxy groups -OCH3 is 1. The zero-order valence-corrected chi connectivity index (χ0v) is 18.2. The molecule has 0 aliphatic carbocycles. The van der Waals surface area contributed by atoms with Crippen LogP contribution in [0.15, 0.2) is 94.1 Å². The first-order valence-corrected chi connectivity index (χ1v) is 10.5. The third-order valence-electron chi connectivity index (χ3n) is 5.61. The predicted octanol–water partition coefficient (Wildman–Crippen LogP) is 6.21. The summed E-state index contributed by atoms with van der Waals surface area (Å²) in [7, 11) is 1.62. The standard InChI is InChI=1S/C28H21NO4/c1-17-8-13-22-25(14-17)33-28(31)26(27(22)30)20-15-23(18-6-4-3-5-7-18)29-24(16-20)19-9-11-21(32-2)12-10-19/h3-16,30H,1-2H3. The van der Waals surface area contributed by atoms with Gasteiger partial charge < -0.3 is 14.3 Å². The van der Waals surface area contributed by atoms with Crippen LogP contribution in [0.4, 0.5) is 0 Å². The molecular formula is C28H21NO4. The number of aromatic hydroxyl groups is 1. The molecule has 0 unspecified atom stereocenters. The highest BCUT2D eigenvalue weighted by atomic mass is 16.5. The molecule has 0 spiro atoms. The van der Waals surface area contributed by atoms with E-state index in [0.29, 0.717) is 27.9 Å². The summed E-state index contributed by atoms with van der Waals surface area (Å²) < 4.78 is 10.8. The monoisotopic (exact) mass is 435 g/mol. The lowest BCUT2D eigenvalue weighted by molar-refractivity contribution is 0.415. The predicted molar refractivity (Wildman–Crippen MR) is 130 cm³/mol. The number of aromatic nitrogens is 1. The Labute approximate surface area is 190 Å². The van der Waals surface area contributed by atoms with Crippen molar-refractivity contribution < 1.29 is 14.3 Å². The number of aryl methyl sites for hydroxylation is 1. The molecule has 33 heavy (non-hydrogen) atoms. The van der Waals surface area contributed by atoms with E-state index in [0.717, 1.165) is 22.4 Å². The number of hydrogen-bond donors (Lipinski definition) is 1. The van der Waals surface area contributed by atoms with E-state index in [9.17, 15) is 9.90 Å². The molecule has 0 bridgehead atoms. The van der Waals surface area contributed by atoms with E-state index in [4.69, 9.17) is 14.1 Å². The van der Waals surface area contributed by atoms with E-state index >= 15 is 0 Å². The van der Waals surface area contributed by atoms with Crippen molar-refractivity contribution >= 4 is 11.0 Å². The fourth-order valence-corrected chi connectivity index (χ4v) is 3.89. The molecule has 0 atom stereocenters. The maximum atomic E-state index is 13.0. The number of nitrogens with zero attached hydrogens (tertiary/aromatic N) is 1. The minimum Gasteiger partial charge on any atom is -0.506 e. The molecule has 5 heteroatoms. The van der Waals surface area contributed by atoms with Crippen LogP contribution in [0, 0.1) is 6.92 Å². The van der Waals surface area contributed by atoms with Crippen molar-refractivity contribution in [3.8, 4) is 45.1 Å². The molecule has 0 aliphatic heterocycles. The van der Waals surface area contributed by atoms with Crippen molar-refractivity contribution in [2.45, 2.75) is 6.92 Å². The van der Waals surface area contributed by atoms with Crippen molar-refractivity contribution in [2.24, 2.45) is 0 Å². The average molecular weight is 435 g/mol. The summed E-state index contributed by atoms with van der Waals surface area (Å²) in [6.07, 6.45) is 0. The molecule has 0 aliphatic rings. The minimum absolute atomic E-state index is 0.104. The van der Waals surface area contributed by atoms with E-state index in [-0.39, 0.29) is 11.3 Å². The van der Waals surface area contributed by atoms with Gasteiger partial charge in [0.2, 0.25) is 0 Å². The van der Waals surface area contributed by atoms with Gasteiger partial charge in [0.15, 0.2) is 0 Å². The van der Waals surface area contributed by atoms with Gasteiger partial charge in [-0.15, -0.1) is 0 Å². The summed E-state index contributed by atoms with van der Waals surface area (Å²) in [4.78, 5) is 17.8. The number of fused-ring (bicyclic) bond motifs is 1. The number of pyridine rings is 1. The Kier molecular flexibility index (Phi) is 5.15. The highest BCUT2D eigenvalue weighted by Crippen LogP contribution is 2.36. The number of hydrogen-bond acceptors (Lipinski definition) is 5. The molecule has 5 aromatic rings. The first-order chi connectivity index (χ1) is 16.0. The largest absolute Gasteiger partial charge is 0.506 e. The summed E-state index contributed by atoms with van der Waals surface area (Å²) in [6.45, 7) is 1.90. The van der Waals surface area contributed by atoms with Crippen LogP contribution in [0.1, 0.15) is 5.56 Å².